The van der Waals surface area contributed by atoms with Crippen molar-refractivity contribution in [3.8, 4) is 5.82 Å². The number of benzene rings is 2. The van der Waals surface area contributed by atoms with Gasteiger partial charge in [-0.1, -0.05) is 43.3 Å². The maximum absolute atomic E-state index is 6.13. The van der Waals surface area contributed by atoms with Gasteiger partial charge in [0.05, 0.1) is 0 Å². The minimum atomic E-state index is 0.222. The lowest BCUT2D eigenvalue weighted by atomic mass is 10.3. The Morgan fingerprint density at radius 3 is 2.17 bits per heavy atom. The second-order valence-corrected chi connectivity index (χ2v) is 6.55. The van der Waals surface area contributed by atoms with Crippen molar-refractivity contribution in [2.24, 2.45) is 0 Å². The summed E-state index contributed by atoms with van der Waals surface area (Å²) in [6.07, 6.45) is 0.950. The van der Waals surface area contributed by atoms with Crippen LogP contribution in [0.1, 0.15) is 13.3 Å². The predicted octanol–water partition coefficient (Wildman–Crippen LogP) is 3.95. The molecule has 152 valence electrons. The van der Waals surface area contributed by atoms with E-state index in [2.05, 4.69) is 42.9 Å². The molecule has 0 radical (unpaired) electrons. The fourth-order valence-electron chi connectivity index (χ4n) is 2.79. The van der Waals surface area contributed by atoms with E-state index in [1.54, 1.807) is 6.07 Å². The Kier molecular flexibility index (Phi) is 5.70. The molecule has 5 N–H and O–H groups in total. The molecule has 0 saturated carbocycles. The lowest BCUT2D eigenvalue weighted by Gasteiger charge is -2.11. The summed E-state index contributed by atoms with van der Waals surface area (Å²) in [6, 6.07) is 21.2. The molecule has 30 heavy (non-hydrogen) atoms. The van der Waals surface area contributed by atoms with Crippen LogP contribution in [0.15, 0.2) is 66.7 Å². The molecule has 2 aromatic carbocycles. The molecule has 0 spiro atoms. The molecule has 0 unspecified atom stereocenters. The molecule has 4 aromatic rings. The lowest BCUT2D eigenvalue weighted by molar-refractivity contribution is 0.848. The largest absolute Gasteiger partial charge is 0.368 e. The van der Waals surface area contributed by atoms with Gasteiger partial charge < -0.3 is 21.7 Å². The van der Waals surface area contributed by atoms with Crippen LogP contribution in [-0.4, -0.2) is 31.3 Å². The van der Waals surface area contributed by atoms with Crippen molar-refractivity contribution in [3.63, 3.8) is 0 Å². The first-order valence-corrected chi connectivity index (χ1v) is 9.71. The summed E-state index contributed by atoms with van der Waals surface area (Å²) in [6.45, 7) is 2.83. The smallest absolute Gasteiger partial charge is 0.248 e. The summed E-state index contributed by atoms with van der Waals surface area (Å²) < 4.78 is 1.49. The number of nitrogens with one attached hydrogen (secondary N) is 3. The van der Waals surface area contributed by atoms with Crippen molar-refractivity contribution >= 4 is 35.0 Å². The van der Waals surface area contributed by atoms with Gasteiger partial charge in [-0.25, -0.2) is 0 Å². The molecule has 2 aromatic heterocycles. The number of rotatable bonds is 8. The van der Waals surface area contributed by atoms with Crippen molar-refractivity contribution in [2.75, 3.05) is 28.2 Å². The number of aromatic nitrogens is 5. The van der Waals surface area contributed by atoms with E-state index in [1.165, 1.54) is 4.68 Å². The molecule has 0 aliphatic carbocycles. The molecule has 0 aliphatic rings. The minimum Gasteiger partial charge on any atom is -0.368 e. The summed E-state index contributed by atoms with van der Waals surface area (Å²) in [5, 5.41) is 14.1. The first-order chi connectivity index (χ1) is 14.7. The fraction of sp³-hybridized carbons (Fsp3) is 0.143. The number of hydrogen-bond donors (Lipinski definition) is 4. The third-order valence-corrected chi connectivity index (χ3v) is 4.17. The van der Waals surface area contributed by atoms with E-state index in [0.29, 0.717) is 23.5 Å². The van der Waals surface area contributed by atoms with E-state index in [9.17, 15) is 0 Å². The molecule has 0 saturated heterocycles. The highest BCUT2D eigenvalue weighted by molar-refractivity contribution is 5.60. The third kappa shape index (κ3) is 4.64. The van der Waals surface area contributed by atoms with Crippen LogP contribution >= 0.6 is 0 Å². The highest BCUT2D eigenvalue weighted by Crippen LogP contribution is 2.21. The highest BCUT2D eigenvalue weighted by atomic mass is 15.4. The van der Waals surface area contributed by atoms with Crippen molar-refractivity contribution in [1.82, 2.24) is 24.7 Å². The maximum atomic E-state index is 6.13. The molecule has 0 atom stereocenters. The average molecular weight is 401 g/mol. The van der Waals surface area contributed by atoms with Gasteiger partial charge in [-0.15, -0.1) is 5.10 Å². The second-order valence-electron chi connectivity index (χ2n) is 6.55. The highest BCUT2D eigenvalue weighted by Gasteiger charge is 2.13. The van der Waals surface area contributed by atoms with Gasteiger partial charge in [0.1, 0.15) is 5.82 Å². The quantitative estimate of drug-likeness (QED) is 0.350. The van der Waals surface area contributed by atoms with Crippen molar-refractivity contribution < 1.29 is 0 Å². The van der Waals surface area contributed by atoms with Gasteiger partial charge in [0, 0.05) is 24.0 Å². The van der Waals surface area contributed by atoms with Crippen LogP contribution in [0.4, 0.5) is 35.0 Å². The molecule has 4 rings (SSSR count). The molecule has 9 heteroatoms. The van der Waals surface area contributed by atoms with E-state index in [4.69, 9.17) is 5.73 Å². The van der Waals surface area contributed by atoms with E-state index < -0.39 is 0 Å². The molecule has 0 aliphatic heterocycles. The predicted molar refractivity (Wildman–Crippen MR) is 120 cm³/mol. The third-order valence-electron chi connectivity index (χ3n) is 4.17. The number of para-hydroxylation sites is 2. The number of nitrogen functional groups attached to an aromatic ring is 1. The Morgan fingerprint density at radius 1 is 0.833 bits per heavy atom. The van der Waals surface area contributed by atoms with Crippen molar-refractivity contribution in [1.29, 1.82) is 0 Å². The van der Waals surface area contributed by atoms with Gasteiger partial charge in [-0.3, -0.25) is 0 Å². The minimum absolute atomic E-state index is 0.222. The standard InChI is InChI=1S/C21H23N9/c1-2-13-23-20-26-17(24-15-9-5-3-6-10-15)14-18(27-20)30-19(22)28-21(29-30)25-16-11-7-4-8-12-16/h3-12,14H,2,13H2,1H3,(H3,22,25,28,29)(H2,23,24,26,27). The van der Waals surface area contributed by atoms with Crippen molar-refractivity contribution in [2.45, 2.75) is 13.3 Å². The maximum Gasteiger partial charge on any atom is 0.248 e. The topological polar surface area (TPSA) is 119 Å². The lowest BCUT2D eigenvalue weighted by Crippen LogP contribution is -2.11. The van der Waals surface area contributed by atoms with Crippen LogP contribution in [-0.2, 0) is 0 Å². The first-order valence-electron chi connectivity index (χ1n) is 9.71. The number of hydrogen-bond acceptors (Lipinski definition) is 8. The van der Waals surface area contributed by atoms with E-state index in [-0.39, 0.29) is 5.95 Å². The van der Waals surface area contributed by atoms with Gasteiger partial charge >= 0.3 is 0 Å². The molecular formula is C21H23N9. The molecule has 0 amide bonds. The normalized spacial score (nSPS) is 10.6. The Bertz CT molecular complexity index is 1090. The van der Waals surface area contributed by atoms with Gasteiger partial charge in [0.25, 0.3) is 0 Å². The Labute approximate surface area is 174 Å². The molecule has 0 bridgehead atoms. The van der Waals surface area contributed by atoms with E-state index in [1.807, 2.05) is 60.7 Å². The Balaban J connectivity index is 1.66. The zero-order valence-electron chi connectivity index (χ0n) is 16.6. The number of anilines is 6. The fourth-order valence-corrected chi connectivity index (χ4v) is 2.79. The molecule has 2 heterocycles. The number of nitrogens with zero attached hydrogens (tertiary/aromatic N) is 5. The molecular weight excluding hydrogens is 378 g/mol. The Morgan fingerprint density at radius 2 is 1.50 bits per heavy atom. The molecule has 0 fully saturated rings. The van der Waals surface area contributed by atoms with Crippen LogP contribution in [0.5, 0.6) is 0 Å². The average Bonchev–Trinajstić information content (AvgIpc) is 3.13. The summed E-state index contributed by atoms with van der Waals surface area (Å²) in [5.41, 5.74) is 7.92. The summed E-state index contributed by atoms with van der Waals surface area (Å²) >= 11 is 0. The van der Waals surface area contributed by atoms with E-state index in [0.717, 1.165) is 24.3 Å². The van der Waals surface area contributed by atoms with Crippen LogP contribution in [0.3, 0.4) is 0 Å². The van der Waals surface area contributed by atoms with Crippen LogP contribution in [0.2, 0.25) is 0 Å². The zero-order valence-corrected chi connectivity index (χ0v) is 16.6. The first kappa shape index (κ1) is 19.2. The van der Waals surface area contributed by atoms with Crippen LogP contribution in [0, 0.1) is 0 Å². The summed E-state index contributed by atoms with van der Waals surface area (Å²) in [4.78, 5) is 13.4. The van der Waals surface area contributed by atoms with E-state index >= 15 is 0 Å². The van der Waals surface area contributed by atoms with Gasteiger partial charge in [-0.05, 0) is 30.7 Å². The SMILES string of the molecule is CCCNc1nc(Nc2ccccc2)cc(-n2nc(Nc3ccccc3)nc2N)n1. The summed E-state index contributed by atoms with van der Waals surface area (Å²) in [7, 11) is 0. The molecule has 9 nitrogen and oxygen atoms in total. The second kappa shape index (κ2) is 8.91. The monoisotopic (exact) mass is 401 g/mol. The van der Waals surface area contributed by atoms with Crippen molar-refractivity contribution in [3.05, 3.63) is 66.7 Å². The number of nitrogens with two attached hydrogens (primary N) is 1. The summed E-state index contributed by atoms with van der Waals surface area (Å²) in [5.74, 6) is 2.22. The zero-order chi connectivity index (χ0) is 20.8. The van der Waals surface area contributed by atoms with Gasteiger partial charge in [-0.2, -0.15) is 19.6 Å². The van der Waals surface area contributed by atoms with Crippen LogP contribution in [0.25, 0.3) is 5.82 Å². The van der Waals surface area contributed by atoms with Gasteiger partial charge in [0.15, 0.2) is 5.82 Å². The van der Waals surface area contributed by atoms with Crippen LogP contribution < -0.4 is 21.7 Å². The Hall–Kier alpha value is -4.14. The van der Waals surface area contributed by atoms with Gasteiger partial charge in [0.2, 0.25) is 17.8 Å².